The number of hydrogen-bond donors (Lipinski definition) is 2. The maximum Gasteiger partial charge on any atom is 0.338 e. The quantitative estimate of drug-likeness (QED) is 0.392. The third-order valence-electron chi connectivity index (χ3n) is 7.80. The molecule has 222 valence electrons. The highest BCUT2D eigenvalue weighted by Crippen LogP contribution is 2.61. The number of phenolic OH excluding ortho intramolecular Hbond substituents is 1. The molecule has 0 unspecified atom stereocenters. The van der Waals surface area contributed by atoms with Gasteiger partial charge in [-0.1, -0.05) is 25.1 Å². The van der Waals surface area contributed by atoms with Crippen LogP contribution in [0.15, 0.2) is 42.5 Å². The molecule has 1 heterocycles. The van der Waals surface area contributed by atoms with E-state index in [4.69, 9.17) is 33.2 Å². The van der Waals surface area contributed by atoms with Gasteiger partial charge in [0.1, 0.15) is 11.7 Å². The topological polar surface area (TPSA) is 139 Å². The van der Waals surface area contributed by atoms with Gasteiger partial charge in [-0.25, -0.2) is 4.79 Å². The predicted octanol–water partition coefficient (Wildman–Crippen LogP) is 4.72. The Hall–Kier alpha value is -4.64. The van der Waals surface area contributed by atoms with Crippen LogP contribution in [0, 0.1) is 5.92 Å². The fraction of sp³-hybridized carbons (Fsp3) is 0.355. The van der Waals surface area contributed by atoms with E-state index in [1.54, 1.807) is 43.3 Å². The second-order valence-electron chi connectivity index (χ2n) is 10.2. The SMILES string of the molecule is COc1cc2c(c(O)c1OC)-c1c(cc3c(c1OC)OCO3)[C@H](OC(C)=O)[C@H](C)[C@](C)(O)[C@@H]2OC(=O)c1ccccc1. The summed E-state index contributed by atoms with van der Waals surface area (Å²) in [5.41, 5.74) is -0.738. The molecule has 0 saturated heterocycles. The smallest absolute Gasteiger partial charge is 0.338 e. The van der Waals surface area contributed by atoms with Gasteiger partial charge in [-0.3, -0.25) is 4.79 Å². The molecule has 5 rings (SSSR count). The summed E-state index contributed by atoms with van der Waals surface area (Å²) in [5, 5.41) is 24.0. The summed E-state index contributed by atoms with van der Waals surface area (Å²) in [4.78, 5) is 25.9. The number of aliphatic hydroxyl groups is 1. The lowest BCUT2D eigenvalue weighted by atomic mass is 9.71. The van der Waals surface area contributed by atoms with Gasteiger partial charge in [-0.2, -0.15) is 0 Å². The molecule has 42 heavy (non-hydrogen) atoms. The van der Waals surface area contributed by atoms with E-state index in [1.807, 2.05) is 0 Å². The molecule has 0 bridgehead atoms. The van der Waals surface area contributed by atoms with E-state index >= 15 is 0 Å². The van der Waals surface area contributed by atoms with Crippen molar-refractivity contribution in [2.45, 2.75) is 38.6 Å². The summed E-state index contributed by atoms with van der Waals surface area (Å²) < 4.78 is 40.1. The normalized spacial score (nSPS) is 22.1. The minimum absolute atomic E-state index is 0.0210. The number of benzene rings is 3. The maximum absolute atomic E-state index is 13.5. The van der Waals surface area contributed by atoms with E-state index in [0.29, 0.717) is 11.3 Å². The minimum Gasteiger partial charge on any atom is -0.504 e. The molecule has 2 N–H and O–H groups in total. The first-order chi connectivity index (χ1) is 20.0. The molecule has 0 aromatic heterocycles. The monoisotopic (exact) mass is 580 g/mol. The Kier molecular flexibility index (Phi) is 7.55. The zero-order chi connectivity index (χ0) is 30.3. The third kappa shape index (κ3) is 4.59. The number of hydrogen-bond acceptors (Lipinski definition) is 11. The number of phenols is 1. The lowest BCUT2D eigenvalue weighted by Gasteiger charge is -2.43. The van der Waals surface area contributed by atoms with Crippen molar-refractivity contribution in [1.82, 2.24) is 0 Å². The number of methoxy groups -OCH3 is 3. The van der Waals surface area contributed by atoms with Crippen molar-refractivity contribution >= 4 is 11.9 Å². The Morgan fingerprint density at radius 1 is 0.929 bits per heavy atom. The molecule has 4 atom stereocenters. The highest BCUT2D eigenvalue weighted by molar-refractivity contribution is 5.91. The van der Waals surface area contributed by atoms with Crippen molar-refractivity contribution in [1.29, 1.82) is 0 Å². The first kappa shape index (κ1) is 28.9. The zero-order valence-corrected chi connectivity index (χ0v) is 24.0. The molecule has 11 heteroatoms. The van der Waals surface area contributed by atoms with Gasteiger partial charge in [0.25, 0.3) is 0 Å². The molecule has 11 nitrogen and oxygen atoms in total. The van der Waals surface area contributed by atoms with Gasteiger partial charge in [0.05, 0.1) is 26.9 Å². The standard InChI is InChI=1S/C31H32O11/c1-15-25(41-16(2)32)18-12-21-27(40-14-39-21)28(38-6)23(18)22-19(13-20(36-4)26(37-5)24(22)33)29(31(15,3)35)42-30(34)17-10-8-7-9-11-17/h7-13,15,25,29,33,35H,14H2,1-6H3/t15-,25+,29+,31-/m0/s1. The molecule has 1 aliphatic heterocycles. The van der Waals surface area contributed by atoms with Crippen LogP contribution in [-0.2, 0) is 14.3 Å². The van der Waals surface area contributed by atoms with Crippen LogP contribution in [0.2, 0.25) is 0 Å². The van der Waals surface area contributed by atoms with Gasteiger partial charge in [0, 0.05) is 35.1 Å². The van der Waals surface area contributed by atoms with Crippen LogP contribution in [0.1, 0.15) is 54.5 Å². The lowest BCUT2D eigenvalue weighted by Crippen LogP contribution is -2.46. The van der Waals surface area contributed by atoms with Crippen molar-refractivity contribution in [3.05, 3.63) is 59.2 Å². The maximum atomic E-state index is 13.5. The van der Waals surface area contributed by atoms with Crippen molar-refractivity contribution in [3.8, 4) is 45.6 Å². The van der Waals surface area contributed by atoms with Gasteiger partial charge in [0.15, 0.2) is 29.1 Å². The van der Waals surface area contributed by atoms with Crippen LogP contribution >= 0.6 is 0 Å². The van der Waals surface area contributed by atoms with Gasteiger partial charge in [-0.05, 0) is 31.2 Å². The van der Waals surface area contributed by atoms with Crippen LogP contribution in [0.4, 0.5) is 0 Å². The molecule has 0 fully saturated rings. The van der Waals surface area contributed by atoms with E-state index in [-0.39, 0.29) is 52.0 Å². The zero-order valence-electron chi connectivity index (χ0n) is 24.0. The Balaban J connectivity index is 1.91. The van der Waals surface area contributed by atoms with Crippen LogP contribution in [0.25, 0.3) is 11.1 Å². The second-order valence-corrected chi connectivity index (χ2v) is 10.2. The van der Waals surface area contributed by atoms with E-state index < -0.39 is 41.4 Å². The van der Waals surface area contributed by atoms with Crippen LogP contribution < -0.4 is 23.7 Å². The van der Waals surface area contributed by atoms with Gasteiger partial charge in [0.2, 0.25) is 18.3 Å². The summed E-state index contributed by atoms with van der Waals surface area (Å²) in [6, 6.07) is 11.4. The number of carbonyl (C=O) groups excluding carboxylic acids is 2. The molecule has 3 aromatic carbocycles. The molecule has 3 aromatic rings. The summed E-state index contributed by atoms with van der Waals surface area (Å²) in [6.45, 7) is 4.30. The molecular formula is C31H32O11. The number of rotatable bonds is 6. The number of carbonyl (C=O) groups is 2. The van der Waals surface area contributed by atoms with Gasteiger partial charge >= 0.3 is 11.9 Å². The summed E-state index contributed by atoms with van der Waals surface area (Å²) in [7, 11) is 4.17. The molecule has 1 aliphatic carbocycles. The molecule has 0 spiro atoms. The third-order valence-corrected chi connectivity index (χ3v) is 7.80. The van der Waals surface area contributed by atoms with Crippen molar-refractivity contribution in [2.24, 2.45) is 5.92 Å². The summed E-state index contributed by atoms with van der Waals surface area (Å²) in [6.07, 6.45) is -2.53. The predicted molar refractivity (Wildman–Crippen MR) is 148 cm³/mol. The lowest BCUT2D eigenvalue weighted by molar-refractivity contribution is -0.166. The van der Waals surface area contributed by atoms with E-state index in [1.165, 1.54) is 41.2 Å². The van der Waals surface area contributed by atoms with Crippen LogP contribution in [0.3, 0.4) is 0 Å². The largest absolute Gasteiger partial charge is 0.504 e. The highest BCUT2D eigenvalue weighted by atomic mass is 16.7. The minimum atomic E-state index is -1.88. The molecular weight excluding hydrogens is 548 g/mol. The van der Waals surface area contributed by atoms with Crippen molar-refractivity contribution in [3.63, 3.8) is 0 Å². The average Bonchev–Trinajstić information content (AvgIpc) is 3.45. The van der Waals surface area contributed by atoms with E-state index in [9.17, 15) is 19.8 Å². The molecule has 0 saturated carbocycles. The average molecular weight is 581 g/mol. The van der Waals surface area contributed by atoms with Gasteiger partial charge < -0.3 is 43.4 Å². The summed E-state index contributed by atoms with van der Waals surface area (Å²) >= 11 is 0. The number of ether oxygens (including phenoxy) is 7. The molecule has 0 radical (unpaired) electrons. The molecule has 2 aliphatic rings. The number of esters is 2. The fourth-order valence-corrected chi connectivity index (χ4v) is 5.58. The van der Waals surface area contributed by atoms with Gasteiger partial charge in [-0.15, -0.1) is 0 Å². The van der Waals surface area contributed by atoms with Crippen molar-refractivity contribution in [2.75, 3.05) is 28.1 Å². The Morgan fingerprint density at radius 2 is 1.62 bits per heavy atom. The van der Waals surface area contributed by atoms with Crippen molar-refractivity contribution < 1.29 is 53.0 Å². The Labute approximate surface area is 242 Å². The first-order valence-corrected chi connectivity index (χ1v) is 13.2. The van der Waals surface area contributed by atoms with E-state index in [2.05, 4.69) is 0 Å². The first-order valence-electron chi connectivity index (χ1n) is 13.2. The van der Waals surface area contributed by atoms with E-state index in [0.717, 1.165) is 0 Å². The number of fused-ring (bicyclic) bond motifs is 4. The highest BCUT2D eigenvalue weighted by Gasteiger charge is 2.51. The Bertz CT molecular complexity index is 1530. The van der Waals surface area contributed by atoms with Crippen LogP contribution in [0.5, 0.6) is 34.5 Å². The number of aromatic hydroxyl groups is 1. The Morgan fingerprint density at radius 3 is 2.24 bits per heavy atom. The fourth-order valence-electron chi connectivity index (χ4n) is 5.58. The second kappa shape index (κ2) is 11.0. The van der Waals surface area contributed by atoms with Crippen LogP contribution in [-0.4, -0.2) is 55.9 Å². The summed E-state index contributed by atoms with van der Waals surface area (Å²) in [5.74, 6) is -1.78. The molecule has 0 amide bonds.